The Morgan fingerprint density at radius 2 is 2.08 bits per heavy atom. The van der Waals surface area contributed by atoms with Gasteiger partial charge in [-0.3, -0.25) is 19.9 Å². The van der Waals surface area contributed by atoms with Crippen molar-refractivity contribution in [3.63, 3.8) is 0 Å². The molecule has 5 N–H and O–H groups in total. The second-order valence-electron chi connectivity index (χ2n) is 2.57. The van der Waals surface area contributed by atoms with Gasteiger partial charge in [0.05, 0.1) is 12.6 Å². The average molecular weight is 174 g/mol. The Balaban J connectivity index is 4.00. The van der Waals surface area contributed by atoms with Crippen molar-refractivity contribution in [3.8, 4) is 0 Å². The molecule has 0 aromatic heterocycles. The van der Waals surface area contributed by atoms with E-state index in [9.17, 15) is 9.59 Å². The Morgan fingerprint density at radius 3 is 2.42 bits per heavy atom. The number of nitrogens with one attached hydrogen (secondary N) is 1. The van der Waals surface area contributed by atoms with Gasteiger partial charge in [0.15, 0.2) is 0 Å². The van der Waals surface area contributed by atoms with Crippen molar-refractivity contribution in [1.29, 1.82) is 0 Å². The van der Waals surface area contributed by atoms with E-state index in [0.717, 1.165) is 0 Å². The predicted molar refractivity (Wildman–Crippen MR) is 43.6 cm³/mol. The molecular weight excluding hydrogens is 160 g/mol. The van der Waals surface area contributed by atoms with Gasteiger partial charge in [-0.05, 0) is 14.0 Å². The van der Waals surface area contributed by atoms with E-state index in [0.29, 0.717) is 0 Å². The molecule has 0 aliphatic rings. The van der Waals surface area contributed by atoms with Crippen molar-refractivity contribution >= 4 is 11.8 Å². The molecule has 0 aliphatic heterocycles. The Bertz CT molecular complexity index is 182. The van der Waals surface area contributed by atoms with Crippen molar-refractivity contribution in [2.75, 3.05) is 13.6 Å². The van der Waals surface area contributed by atoms with Crippen LogP contribution in [0.5, 0.6) is 0 Å². The van der Waals surface area contributed by atoms with E-state index in [-0.39, 0.29) is 12.5 Å². The third-order valence-electron chi connectivity index (χ3n) is 1.59. The molecule has 0 heterocycles. The molecule has 0 bridgehead atoms. The number of hydrogen-bond donors (Lipinski definition) is 3. The summed E-state index contributed by atoms with van der Waals surface area (Å²) in [6.45, 7) is 1.67. The molecule has 0 aliphatic carbocycles. The topological polar surface area (TPSA) is 101 Å². The lowest BCUT2D eigenvalue weighted by atomic mass is 10.3. The fraction of sp³-hybridized carbons (Fsp3) is 0.667. The monoisotopic (exact) mass is 174 g/mol. The molecule has 0 rings (SSSR count). The summed E-state index contributed by atoms with van der Waals surface area (Å²) in [5.41, 5.74) is 6.92. The maximum Gasteiger partial charge on any atom is 0.250 e. The third-order valence-corrected chi connectivity index (χ3v) is 1.59. The molecule has 1 atom stereocenters. The van der Waals surface area contributed by atoms with Gasteiger partial charge in [0.1, 0.15) is 0 Å². The van der Waals surface area contributed by atoms with Gasteiger partial charge in [-0.1, -0.05) is 0 Å². The molecule has 0 saturated carbocycles. The van der Waals surface area contributed by atoms with Gasteiger partial charge in [0, 0.05) is 0 Å². The lowest BCUT2D eigenvalue weighted by Crippen LogP contribution is -2.48. The van der Waals surface area contributed by atoms with E-state index >= 15 is 0 Å². The highest BCUT2D eigenvalue weighted by Crippen LogP contribution is 1.93. The molecule has 12 heavy (non-hydrogen) atoms. The van der Waals surface area contributed by atoms with Crippen molar-refractivity contribution in [2.45, 2.75) is 13.0 Å². The van der Waals surface area contributed by atoms with Crippen molar-refractivity contribution < 1.29 is 9.59 Å². The minimum Gasteiger partial charge on any atom is -0.369 e. The summed E-state index contributed by atoms with van der Waals surface area (Å²) in [5, 5.41) is 0. The first kappa shape index (κ1) is 10.9. The minimum atomic E-state index is -0.478. The van der Waals surface area contributed by atoms with Gasteiger partial charge in [0.2, 0.25) is 5.91 Å². The van der Waals surface area contributed by atoms with Gasteiger partial charge < -0.3 is 5.73 Å². The molecule has 0 aromatic rings. The van der Waals surface area contributed by atoms with Crippen LogP contribution in [-0.2, 0) is 9.59 Å². The zero-order valence-electron chi connectivity index (χ0n) is 7.20. The van der Waals surface area contributed by atoms with Crippen LogP contribution in [0, 0.1) is 0 Å². The zero-order chi connectivity index (χ0) is 9.72. The van der Waals surface area contributed by atoms with Crippen LogP contribution in [0.1, 0.15) is 6.92 Å². The Kier molecular flexibility index (Phi) is 4.24. The summed E-state index contributed by atoms with van der Waals surface area (Å²) >= 11 is 0. The van der Waals surface area contributed by atoms with Crippen molar-refractivity contribution in [2.24, 2.45) is 11.6 Å². The molecule has 70 valence electrons. The van der Waals surface area contributed by atoms with E-state index in [1.807, 2.05) is 5.43 Å². The molecule has 1 unspecified atom stereocenters. The van der Waals surface area contributed by atoms with E-state index in [1.54, 1.807) is 14.0 Å². The molecule has 0 fully saturated rings. The summed E-state index contributed by atoms with van der Waals surface area (Å²) in [6.07, 6.45) is 0. The fourth-order valence-corrected chi connectivity index (χ4v) is 0.704. The number of nitrogens with zero attached hydrogens (tertiary/aromatic N) is 1. The van der Waals surface area contributed by atoms with Crippen molar-refractivity contribution in [3.05, 3.63) is 0 Å². The number of carbonyl (C=O) groups is 2. The Morgan fingerprint density at radius 1 is 1.58 bits per heavy atom. The summed E-state index contributed by atoms with van der Waals surface area (Å²) < 4.78 is 0. The van der Waals surface area contributed by atoms with Gasteiger partial charge in [0.25, 0.3) is 5.91 Å². The number of amides is 2. The molecule has 0 saturated heterocycles. The molecule has 0 aromatic carbocycles. The number of hydrazine groups is 1. The highest BCUT2D eigenvalue weighted by Gasteiger charge is 2.17. The van der Waals surface area contributed by atoms with Crippen LogP contribution in [0.25, 0.3) is 0 Å². The van der Waals surface area contributed by atoms with Gasteiger partial charge in [-0.2, -0.15) is 0 Å². The maximum absolute atomic E-state index is 10.9. The van der Waals surface area contributed by atoms with E-state index in [4.69, 9.17) is 11.6 Å². The average Bonchev–Trinajstić information content (AvgIpc) is 2.00. The van der Waals surface area contributed by atoms with Crippen LogP contribution >= 0.6 is 0 Å². The van der Waals surface area contributed by atoms with Gasteiger partial charge in [-0.25, -0.2) is 5.84 Å². The first-order valence-corrected chi connectivity index (χ1v) is 3.48. The standard InChI is InChI=1S/C6H14N4O2/c1-4(6(12)9-8)10(2)3-5(7)11/h4H,3,8H2,1-2H3,(H2,7,11)(H,9,12). The van der Waals surface area contributed by atoms with Crippen LogP contribution in [-0.4, -0.2) is 36.3 Å². The Hall–Kier alpha value is -1.14. The number of primary amides is 1. The van der Waals surface area contributed by atoms with E-state index in [1.165, 1.54) is 4.90 Å². The van der Waals surface area contributed by atoms with Crippen LogP contribution in [0.3, 0.4) is 0 Å². The summed E-state index contributed by atoms with van der Waals surface area (Å²) in [4.78, 5) is 22.9. The van der Waals surface area contributed by atoms with Gasteiger partial charge in [-0.15, -0.1) is 0 Å². The Labute approximate surface area is 70.8 Å². The molecular formula is C6H14N4O2. The van der Waals surface area contributed by atoms with Crippen LogP contribution in [0.4, 0.5) is 0 Å². The summed E-state index contributed by atoms with van der Waals surface area (Å²) in [7, 11) is 1.62. The highest BCUT2D eigenvalue weighted by molar-refractivity contribution is 5.82. The van der Waals surface area contributed by atoms with E-state index < -0.39 is 11.9 Å². The molecule has 2 amide bonds. The lowest BCUT2D eigenvalue weighted by molar-refractivity contribution is -0.126. The number of nitrogens with two attached hydrogens (primary N) is 2. The molecule has 0 spiro atoms. The summed E-state index contributed by atoms with van der Waals surface area (Å²) in [5.74, 6) is 4.07. The normalized spacial score (nSPS) is 12.7. The number of hydrogen-bond acceptors (Lipinski definition) is 4. The SMILES string of the molecule is CC(C(=O)NN)N(C)CC(N)=O. The quantitative estimate of drug-likeness (QED) is 0.255. The second kappa shape index (κ2) is 4.68. The van der Waals surface area contributed by atoms with Crippen LogP contribution in [0.15, 0.2) is 0 Å². The highest BCUT2D eigenvalue weighted by atomic mass is 16.2. The van der Waals surface area contributed by atoms with Crippen LogP contribution < -0.4 is 17.0 Å². The number of carbonyl (C=O) groups excluding carboxylic acids is 2. The zero-order valence-corrected chi connectivity index (χ0v) is 7.20. The van der Waals surface area contributed by atoms with Crippen molar-refractivity contribution in [1.82, 2.24) is 10.3 Å². The van der Waals surface area contributed by atoms with E-state index in [2.05, 4.69) is 0 Å². The predicted octanol–water partition coefficient (Wildman–Crippen LogP) is -2.22. The third kappa shape index (κ3) is 3.31. The minimum absolute atomic E-state index is 0.0363. The smallest absolute Gasteiger partial charge is 0.250 e. The first-order valence-electron chi connectivity index (χ1n) is 3.48. The second-order valence-corrected chi connectivity index (χ2v) is 2.57. The van der Waals surface area contributed by atoms with Gasteiger partial charge >= 0.3 is 0 Å². The lowest BCUT2D eigenvalue weighted by Gasteiger charge is -2.20. The molecule has 6 nitrogen and oxygen atoms in total. The summed E-state index contributed by atoms with van der Waals surface area (Å²) in [6, 6.07) is -0.456. The number of rotatable bonds is 4. The maximum atomic E-state index is 10.9. The molecule has 0 radical (unpaired) electrons. The molecule has 6 heteroatoms. The van der Waals surface area contributed by atoms with Crippen LogP contribution in [0.2, 0.25) is 0 Å². The largest absolute Gasteiger partial charge is 0.369 e. The first-order chi connectivity index (χ1) is 5.49. The fourth-order valence-electron chi connectivity index (χ4n) is 0.704. The number of likely N-dealkylation sites (N-methyl/N-ethyl adjacent to an activating group) is 1.